The van der Waals surface area contributed by atoms with Gasteiger partial charge in [-0.3, -0.25) is 10.1 Å². The Kier molecular flexibility index (Phi) is 4.77. The van der Waals surface area contributed by atoms with Gasteiger partial charge in [0.1, 0.15) is 11.5 Å². The fourth-order valence-corrected chi connectivity index (χ4v) is 2.09. The number of halogens is 1. The number of nitro groups is 1. The molecule has 0 heterocycles. The normalized spacial score (nSPS) is 12.0. The molecule has 0 fully saturated rings. The van der Waals surface area contributed by atoms with Gasteiger partial charge < -0.3 is 9.84 Å². The van der Waals surface area contributed by atoms with E-state index < -0.39 is 11.0 Å². The molecule has 2 aromatic carbocycles. The van der Waals surface area contributed by atoms with Gasteiger partial charge in [0.2, 0.25) is 0 Å². The second-order valence-electron chi connectivity index (χ2n) is 4.44. The molecule has 0 radical (unpaired) electrons. The topological polar surface area (TPSA) is 72.6 Å². The largest absolute Gasteiger partial charge is 0.455 e. The van der Waals surface area contributed by atoms with Gasteiger partial charge in [0, 0.05) is 17.7 Å². The SMILES string of the molecule is CCC(O)c1ccccc1Oc1ccc([N+](=O)[O-])cc1Cl. The third kappa shape index (κ3) is 3.51. The summed E-state index contributed by atoms with van der Waals surface area (Å²) in [5.41, 5.74) is 0.545. The molecule has 5 nitrogen and oxygen atoms in total. The number of nitrogens with zero attached hydrogens (tertiary/aromatic N) is 1. The number of ether oxygens (including phenoxy) is 1. The summed E-state index contributed by atoms with van der Waals surface area (Å²) in [5.74, 6) is 0.778. The number of aliphatic hydroxyl groups is 1. The molecule has 2 aromatic rings. The van der Waals surface area contributed by atoms with Gasteiger partial charge >= 0.3 is 0 Å². The molecular weight excluding hydrogens is 294 g/mol. The first kappa shape index (κ1) is 15.3. The molecule has 0 saturated heterocycles. The van der Waals surface area contributed by atoms with Crippen LogP contribution in [0.2, 0.25) is 5.02 Å². The summed E-state index contributed by atoms with van der Waals surface area (Å²) in [7, 11) is 0. The molecule has 0 aliphatic heterocycles. The maximum absolute atomic E-state index is 10.7. The molecular formula is C15H14ClNO4. The van der Waals surface area contributed by atoms with Crippen molar-refractivity contribution < 1.29 is 14.8 Å². The number of para-hydroxylation sites is 1. The van der Waals surface area contributed by atoms with Gasteiger partial charge in [0.25, 0.3) is 5.69 Å². The number of rotatable bonds is 5. The van der Waals surface area contributed by atoms with Gasteiger partial charge in [-0.2, -0.15) is 0 Å². The van der Waals surface area contributed by atoms with Crippen LogP contribution in [-0.2, 0) is 0 Å². The summed E-state index contributed by atoms with van der Waals surface area (Å²) < 4.78 is 5.68. The summed E-state index contributed by atoms with van der Waals surface area (Å²) in [6, 6.07) is 11.1. The highest BCUT2D eigenvalue weighted by atomic mass is 35.5. The van der Waals surface area contributed by atoms with Crippen LogP contribution in [0.4, 0.5) is 5.69 Å². The van der Waals surface area contributed by atoms with Gasteiger partial charge in [-0.25, -0.2) is 0 Å². The first-order valence-corrected chi connectivity index (χ1v) is 6.79. The van der Waals surface area contributed by atoms with Gasteiger partial charge in [-0.05, 0) is 18.6 Å². The smallest absolute Gasteiger partial charge is 0.271 e. The Morgan fingerprint density at radius 1 is 1.29 bits per heavy atom. The van der Waals surface area contributed by atoms with Crippen molar-refractivity contribution in [3.05, 3.63) is 63.2 Å². The predicted molar refractivity (Wildman–Crippen MR) is 79.9 cm³/mol. The lowest BCUT2D eigenvalue weighted by atomic mass is 10.1. The molecule has 0 saturated carbocycles. The van der Waals surface area contributed by atoms with Gasteiger partial charge in [0.15, 0.2) is 0 Å². The van der Waals surface area contributed by atoms with E-state index in [1.807, 2.05) is 6.92 Å². The van der Waals surface area contributed by atoms with E-state index in [1.54, 1.807) is 24.3 Å². The van der Waals surface area contributed by atoms with Crippen LogP contribution in [0.25, 0.3) is 0 Å². The van der Waals surface area contributed by atoms with Crippen LogP contribution in [-0.4, -0.2) is 10.0 Å². The van der Waals surface area contributed by atoms with Crippen LogP contribution in [0.5, 0.6) is 11.5 Å². The van der Waals surface area contributed by atoms with E-state index in [0.717, 1.165) is 0 Å². The van der Waals surface area contributed by atoms with Crippen LogP contribution in [0.1, 0.15) is 25.0 Å². The molecule has 0 spiro atoms. The highest BCUT2D eigenvalue weighted by Gasteiger charge is 2.15. The molecule has 0 bridgehead atoms. The summed E-state index contributed by atoms with van der Waals surface area (Å²) >= 11 is 6.00. The quantitative estimate of drug-likeness (QED) is 0.652. The third-order valence-electron chi connectivity index (χ3n) is 3.01. The Morgan fingerprint density at radius 3 is 2.62 bits per heavy atom. The number of aliphatic hydroxyl groups excluding tert-OH is 1. The zero-order valence-corrected chi connectivity index (χ0v) is 12.1. The number of nitro benzene ring substituents is 1. The van der Waals surface area contributed by atoms with E-state index in [9.17, 15) is 15.2 Å². The molecule has 0 aromatic heterocycles. The van der Waals surface area contributed by atoms with E-state index in [1.165, 1.54) is 18.2 Å². The molecule has 0 aliphatic carbocycles. The van der Waals surface area contributed by atoms with E-state index >= 15 is 0 Å². The fraction of sp³-hybridized carbons (Fsp3) is 0.200. The molecule has 0 amide bonds. The lowest BCUT2D eigenvalue weighted by Crippen LogP contribution is -1.99. The molecule has 110 valence electrons. The summed E-state index contributed by atoms with van der Waals surface area (Å²) in [6.45, 7) is 1.86. The highest BCUT2D eigenvalue weighted by molar-refractivity contribution is 6.32. The number of hydrogen-bond acceptors (Lipinski definition) is 4. The van der Waals surface area contributed by atoms with Gasteiger partial charge in [-0.1, -0.05) is 36.7 Å². The third-order valence-corrected chi connectivity index (χ3v) is 3.31. The maximum Gasteiger partial charge on any atom is 0.271 e. The molecule has 6 heteroatoms. The van der Waals surface area contributed by atoms with E-state index in [2.05, 4.69) is 0 Å². The van der Waals surface area contributed by atoms with Crippen LogP contribution >= 0.6 is 11.6 Å². The van der Waals surface area contributed by atoms with Gasteiger partial charge in [-0.15, -0.1) is 0 Å². The Morgan fingerprint density at radius 2 is 2.00 bits per heavy atom. The van der Waals surface area contributed by atoms with Crippen molar-refractivity contribution in [2.24, 2.45) is 0 Å². The Hall–Kier alpha value is -2.11. The predicted octanol–water partition coefficient (Wildman–Crippen LogP) is 4.48. The average Bonchev–Trinajstić information content (AvgIpc) is 2.49. The van der Waals surface area contributed by atoms with Crippen LogP contribution in [0.15, 0.2) is 42.5 Å². The van der Waals surface area contributed by atoms with Crippen molar-refractivity contribution in [2.75, 3.05) is 0 Å². The lowest BCUT2D eigenvalue weighted by Gasteiger charge is -2.15. The van der Waals surface area contributed by atoms with Crippen molar-refractivity contribution >= 4 is 17.3 Å². The zero-order valence-electron chi connectivity index (χ0n) is 11.3. The number of non-ortho nitro benzene ring substituents is 1. The second kappa shape index (κ2) is 6.56. The fourth-order valence-electron chi connectivity index (χ4n) is 1.87. The molecule has 1 N–H and O–H groups in total. The molecule has 2 rings (SSSR count). The highest BCUT2D eigenvalue weighted by Crippen LogP contribution is 2.35. The van der Waals surface area contributed by atoms with Crippen molar-refractivity contribution in [1.82, 2.24) is 0 Å². The maximum atomic E-state index is 10.7. The monoisotopic (exact) mass is 307 g/mol. The average molecular weight is 308 g/mol. The lowest BCUT2D eigenvalue weighted by molar-refractivity contribution is -0.384. The number of hydrogen-bond donors (Lipinski definition) is 1. The minimum atomic E-state index is -0.641. The minimum Gasteiger partial charge on any atom is -0.455 e. The van der Waals surface area contributed by atoms with Gasteiger partial charge in [0.05, 0.1) is 16.0 Å². The Bertz CT molecular complexity index is 660. The van der Waals surface area contributed by atoms with Crippen LogP contribution < -0.4 is 4.74 Å². The van der Waals surface area contributed by atoms with Crippen molar-refractivity contribution in [1.29, 1.82) is 0 Å². The standard InChI is InChI=1S/C15H14ClNO4/c1-2-13(18)11-5-3-4-6-14(11)21-15-8-7-10(17(19)20)9-12(15)16/h3-9,13,18H,2H2,1H3. The van der Waals surface area contributed by atoms with Crippen molar-refractivity contribution in [3.8, 4) is 11.5 Å². The molecule has 21 heavy (non-hydrogen) atoms. The first-order valence-electron chi connectivity index (χ1n) is 6.41. The molecule has 1 unspecified atom stereocenters. The van der Waals surface area contributed by atoms with Crippen molar-refractivity contribution in [2.45, 2.75) is 19.4 Å². The Labute approximate surface area is 126 Å². The second-order valence-corrected chi connectivity index (χ2v) is 4.84. The molecule has 0 aliphatic rings. The number of benzene rings is 2. The van der Waals surface area contributed by atoms with E-state index in [0.29, 0.717) is 23.5 Å². The van der Waals surface area contributed by atoms with Crippen LogP contribution in [0, 0.1) is 10.1 Å². The van der Waals surface area contributed by atoms with Crippen molar-refractivity contribution in [3.63, 3.8) is 0 Å². The summed E-state index contributed by atoms with van der Waals surface area (Å²) in [6.07, 6.45) is -0.0908. The Balaban J connectivity index is 2.33. The van der Waals surface area contributed by atoms with E-state index in [4.69, 9.17) is 16.3 Å². The summed E-state index contributed by atoms with van der Waals surface area (Å²) in [5, 5.41) is 20.8. The van der Waals surface area contributed by atoms with E-state index in [-0.39, 0.29) is 10.7 Å². The zero-order chi connectivity index (χ0) is 15.4. The summed E-state index contributed by atoms with van der Waals surface area (Å²) in [4.78, 5) is 10.2. The molecule has 1 atom stereocenters. The van der Waals surface area contributed by atoms with Crippen LogP contribution in [0.3, 0.4) is 0 Å². The first-order chi connectivity index (χ1) is 10.0. The minimum absolute atomic E-state index is 0.103.